The second kappa shape index (κ2) is 6.90. The molecule has 3 heteroatoms. The minimum atomic E-state index is 0.651. The van der Waals surface area contributed by atoms with E-state index in [9.17, 15) is 0 Å². The maximum absolute atomic E-state index is 5.46. The molecule has 1 aromatic carbocycles. The molecule has 88 valence electrons. The second-order valence-electron chi connectivity index (χ2n) is 3.44. The van der Waals surface area contributed by atoms with Crippen LogP contribution in [0, 0.1) is 0 Å². The van der Waals surface area contributed by atoms with Gasteiger partial charge in [-0.15, -0.1) is 0 Å². The first-order valence-corrected chi connectivity index (χ1v) is 5.54. The van der Waals surface area contributed by atoms with E-state index in [2.05, 4.69) is 18.0 Å². The Morgan fingerprint density at radius 1 is 1.38 bits per heavy atom. The highest BCUT2D eigenvalue weighted by Gasteiger charge is 2.05. The van der Waals surface area contributed by atoms with E-state index in [1.165, 1.54) is 5.56 Å². The summed E-state index contributed by atoms with van der Waals surface area (Å²) in [5.74, 6) is 1.60. The molecule has 0 atom stereocenters. The van der Waals surface area contributed by atoms with Gasteiger partial charge in [-0.3, -0.25) is 0 Å². The molecule has 0 fully saturated rings. The van der Waals surface area contributed by atoms with Gasteiger partial charge < -0.3 is 14.8 Å². The van der Waals surface area contributed by atoms with Crippen LogP contribution in [0.3, 0.4) is 0 Å². The zero-order valence-electron chi connectivity index (χ0n) is 10.0. The van der Waals surface area contributed by atoms with Gasteiger partial charge in [-0.2, -0.15) is 0 Å². The van der Waals surface area contributed by atoms with Crippen molar-refractivity contribution in [3.63, 3.8) is 0 Å². The lowest BCUT2D eigenvalue weighted by atomic mass is 10.2. The molecule has 0 aromatic heterocycles. The topological polar surface area (TPSA) is 35.1 Å². The van der Waals surface area contributed by atoms with E-state index in [-0.39, 0.29) is 0 Å². The van der Waals surface area contributed by atoms with Crippen LogP contribution in [0.4, 0.5) is 0 Å². The van der Waals surface area contributed by atoms with Crippen LogP contribution in [0.15, 0.2) is 30.9 Å². The summed E-state index contributed by atoms with van der Waals surface area (Å²) >= 11 is 0. The normalized spacial score (nSPS) is 9.88. The van der Waals surface area contributed by atoms with Crippen molar-refractivity contribution in [3.05, 3.63) is 36.4 Å². The number of benzene rings is 1. The lowest BCUT2D eigenvalue weighted by molar-refractivity contribution is -0.662. The van der Waals surface area contributed by atoms with E-state index >= 15 is 0 Å². The van der Waals surface area contributed by atoms with Crippen molar-refractivity contribution in [2.45, 2.75) is 13.5 Å². The first kappa shape index (κ1) is 12.6. The SMILES string of the molecule is C=CC[NH2+]Cc1ccc(OCC)c(OC)c1. The number of hydrogen-bond donors (Lipinski definition) is 1. The molecule has 0 radical (unpaired) electrons. The van der Waals surface area contributed by atoms with E-state index in [1.807, 2.05) is 25.1 Å². The third kappa shape index (κ3) is 3.59. The Morgan fingerprint density at radius 2 is 2.19 bits per heavy atom. The predicted octanol–water partition coefficient (Wildman–Crippen LogP) is 1.34. The third-order valence-electron chi connectivity index (χ3n) is 2.24. The second-order valence-corrected chi connectivity index (χ2v) is 3.44. The van der Waals surface area contributed by atoms with Crippen molar-refractivity contribution >= 4 is 0 Å². The summed E-state index contributed by atoms with van der Waals surface area (Å²) in [7, 11) is 1.66. The predicted molar refractivity (Wildman–Crippen MR) is 64.9 cm³/mol. The number of ether oxygens (including phenoxy) is 2. The molecule has 0 spiro atoms. The molecule has 1 rings (SSSR count). The number of hydrogen-bond acceptors (Lipinski definition) is 2. The summed E-state index contributed by atoms with van der Waals surface area (Å²) in [6, 6.07) is 6.04. The molecule has 0 amide bonds. The smallest absolute Gasteiger partial charge is 0.161 e. The standard InChI is InChI=1S/C13H19NO2/c1-4-8-14-10-11-6-7-12(16-5-2)13(9-11)15-3/h4,6-7,9,14H,1,5,8,10H2,2-3H3/p+1. The quantitative estimate of drug-likeness (QED) is 0.558. The fourth-order valence-corrected chi connectivity index (χ4v) is 1.48. The molecule has 0 aliphatic heterocycles. The van der Waals surface area contributed by atoms with Gasteiger partial charge in [-0.1, -0.05) is 6.58 Å². The van der Waals surface area contributed by atoms with Crippen LogP contribution in [0.1, 0.15) is 12.5 Å². The van der Waals surface area contributed by atoms with Gasteiger partial charge in [0.25, 0.3) is 0 Å². The van der Waals surface area contributed by atoms with Crippen molar-refractivity contribution in [2.24, 2.45) is 0 Å². The third-order valence-corrected chi connectivity index (χ3v) is 2.24. The Labute approximate surface area is 97.1 Å². The van der Waals surface area contributed by atoms with Gasteiger partial charge in [0.2, 0.25) is 0 Å². The Hall–Kier alpha value is -1.48. The average Bonchev–Trinajstić information content (AvgIpc) is 2.31. The summed E-state index contributed by atoms with van der Waals surface area (Å²) in [6.07, 6.45) is 1.89. The van der Waals surface area contributed by atoms with Gasteiger partial charge in [-0.05, 0) is 31.2 Å². The first-order chi connectivity index (χ1) is 7.81. The van der Waals surface area contributed by atoms with Crippen LogP contribution >= 0.6 is 0 Å². The molecule has 16 heavy (non-hydrogen) atoms. The van der Waals surface area contributed by atoms with Crippen LogP contribution in [-0.2, 0) is 6.54 Å². The highest BCUT2D eigenvalue weighted by molar-refractivity contribution is 5.42. The highest BCUT2D eigenvalue weighted by atomic mass is 16.5. The van der Waals surface area contributed by atoms with Crippen LogP contribution in [0.2, 0.25) is 0 Å². The van der Waals surface area contributed by atoms with Crippen molar-refractivity contribution in [3.8, 4) is 11.5 Å². The molecular formula is C13H20NO2+. The zero-order valence-corrected chi connectivity index (χ0v) is 10.0. The molecule has 0 bridgehead atoms. The lowest BCUT2D eigenvalue weighted by Gasteiger charge is -2.10. The van der Waals surface area contributed by atoms with E-state index in [0.29, 0.717) is 6.61 Å². The molecule has 0 aliphatic rings. The Kier molecular flexibility index (Phi) is 5.43. The first-order valence-electron chi connectivity index (χ1n) is 5.54. The molecule has 0 saturated heterocycles. The summed E-state index contributed by atoms with van der Waals surface area (Å²) in [5.41, 5.74) is 1.22. The fraction of sp³-hybridized carbons (Fsp3) is 0.385. The monoisotopic (exact) mass is 222 g/mol. The minimum Gasteiger partial charge on any atom is -0.493 e. The fourth-order valence-electron chi connectivity index (χ4n) is 1.48. The van der Waals surface area contributed by atoms with Gasteiger partial charge in [0, 0.05) is 5.56 Å². The molecule has 2 N–H and O–H groups in total. The summed E-state index contributed by atoms with van der Waals surface area (Å²) in [5, 5.41) is 2.18. The van der Waals surface area contributed by atoms with Crippen molar-refractivity contribution in [1.82, 2.24) is 0 Å². The Morgan fingerprint density at radius 3 is 2.81 bits per heavy atom. The van der Waals surface area contributed by atoms with E-state index < -0.39 is 0 Å². The number of nitrogens with two attached hydrogens (primary N) is 1. The van der Waals surface area contributed by atoms with Crippen molar-refractivity contribution in [1.29, 1.82) is 0 Å². The minimum absolute atomic E-state index is 0.651. The summed E-state index contributed by atoms with van der Waals surface area (Å²) in [4.78, 5) is 0. The summed E-state index contributed by atoms with van der Waals surface area (Å²) < 4.78 is 10.7. The van der Waals surface area contributed by atoms with E-state index in [0.717, 1.165) is 24.6 Å². The number of quaternary nitrogens is 1. The maximum Gasteiger partial charge on any atom is 0.161 e. The number of rotatable bonds is 7. The molecule has 3 nitrogen and oxygen atoms in total. The van der Waals surface area contributed by atoms with Gasteiger partial charge in [-0.25, -0.2) is 0 Å². The van der Waals surface area contributed by atoms with Gasteiger partial charge >= 0.3 is 0 Å². The largest absolute Gasteiger partial charge is 0.493 e. The van der Waals surface area contributed by atoms with Crippen LogP contribution in [-0.4, -0.2) is 20.3 Å². The van der Waals surface area contributed by atoms with E-state index in [4.69, 9.17) is 9.47 Å². The Bertz CT molecular complexity index is 337. The molecule has 0 aliphatic carbocycles. The highest BCUT2D eigenvalue weighted by Crippen LogP contribution is 2.27. The van der Waals surface area contributed by atoms with Gasteiger partial charge in [0.15, 0.2) is 11.5 Å². The zero-order chi connectivity index (χ0) is 11.8. The number of methoxy groups -OCH3 is 1. The Balaban J connectivity index is 2.70. The van der Waals surface area contributed by atoms with Gasteiger partial charge in [0.1, 0.15) is 6.54 Å². The summed E-state index contributed by atoms with van der Waals surface area (Å²) in [6.45, 7) is 8.15. The average molecular weight is 222 g/mol. The van der Waals surface area contributed by atoms with Crippen LogP contribution < -0.4 is 14.8 Å². The van der Waals surface area contributed by atoms with Crippen molar-refractivity contribution < 1.29 is 14.8 Å². The van der Waals surface area contributed by atoms with Crippen molar-refractivity contribution in [2.75, 3.05) is 20.3 Å². The molecule has 0 saturated carbocycles. The lowest BCUT2D eigenvalue weighted by Crippen LogP contribution is -2.82. The van der Waals surface area contributed by atoms with Crippen LogP contribution in [0.5, 0.6) is 11.5 Å². The molecule has 0 heterocycles. The molecule has 1 aromatic rings. The van der Waals surface area contributed by atoms with E-state index in [1.54, 1.807) is 7.11 Å². The van der Waals surface area contributed by atoms with Crippen LogP contribution in [0.25, 0.3) is 0 Å². The molecular weight excluding hydrogens is 202 g/mol. The molecule has 0 unspecified atom stereocenters. The maximum atomic E-state index is 5.46. The van der Waals surface area contributed by atoms with Gasteiger partial charge in [0.05, 0.1) is 20.3 Å².